The minimum atomic E-state index is -0.0684. The second kappa shape index (κ2) is 5.08. The van der Waals surface area contributed by atoms with Crippen LogP contribution in [0, 0.1) is 6.92 Å². The molecular formula is C14H20N2O2. The summed E-state index contributed by atoms with van der Waals surface area (Å²) < 4.78 is 5.51. The van der Waals surface area contributed by atoms with E-state index in [0.29, 0.717) is 5.89 Å². The van der Waals surface area contributed by atoms with E-state index in [1.54, 1.807) is 0 Å². The van der Waals surface area contributed by atoms with Crippen molar-refractivity contribution in [2.75, 3.05) is 6.61 Å². The number of aliphatic hydroxyl groups excluding tert-OH is 1. The van der Waals surface area contributed by atoms with Gasteiger partial charge in [-0.3, -0.25) is 0 Å². The maximum absolute atomic E-state index is 8.98. The average Bonchev–Trinajstić information content (AvgIpc) is 2.65. The van der Waals surface area contributed by atoms with Gasteiger partial charge in [0.15, 0.2) is 11.5 Å². The Hall–Kier alpha value is -1.39. The molecule has 1 aromatic heterocycles. The SMILES string of the molecule is Cc1nc2ccc(CNC(C)(C)CCO)cc2o1. The van der Waals surface area contributed by atoms with Crippen molar-refractivity contribution in [2.45, 2.75) is 39.3 Å². The predicted octanol–water partition coefficient (Wildman–Crippen LogP) is 2.39. The van der Waals surface area contributed by atoms with Crippen LogP contribution in [0.15, 0.2) is 22.6 Å². The number of hydrogen-bond acceptors (Lipinski definition) is 4. The number of aryl methyl sites for hydroxylation is 1. The van der Waals surface area contributed by atoms with Crippen molar-refractivity contribution >= 4 is 11.1 Å². The van der Waals surface area contributed by atoms with Crippen molar-refractivity contribution in [2.24, 2.45) is 0 Å². The van der Waals surface area contributed by atoms with Crippen LogP contribution in [0.4, 0.5) is 0 Å². The van der Waals surface area contributed by atoms with Crippen LogP contribution in [0.1, 0.15) is 31.7 Å². The molecule has 1 aromatic carbocycles. The predicted molar refractivity (Wildman–Crippen MR) is 71.4 cm³/mol. The fraction of sp³-hybridized carbons (Fsp3) is 0.500. The highest BCUT2D eigenvalue weighted by molar-refractivity contribution is 5.73. The van der Waals surface area contributed by atoms with Crippen molar-refractivity contribution in [3.8, 4) is 0 Å². The molecule has 0 saturated heterocycles. The first-order chi connectivity index (χ1) is 8.50. The summed E-state index contributed by atoms with van der Waals surface area (Å²) in [5, 5.41) is 12.4. The number of fused-ring (bicyclic) bond motifs is 1. The monoisotopic (exact) mass is 248 g/mol. The Balaban J connectivity index is 2.07. The molecule has 0 spiro atoms. The smallest absolute Gasteiger partial charge is 0.192 e. The van der Waals surface area contributed by atoms with Crippen molar-refractivity contribution < 1.29 is 9.52 Å². The minimum Gasteiger partial charge on any atom is -0.441 e. The molecule has 0 aliphatic heterocycles. The molecule has 0 saturated carbocycles. The summed E-state index contributed by atoms with van der Waals surface area (Å²) in [6.07, 6.45) is 0.733. The lowest BCUT2D eigenvalue weighted by Gasteiger charge is -2.25. The summed E-state index contributed by atoms with van der Waals surface area (Å²) in [7, 11) is 0. The van der Waals surface area contributed by atoms with Crippen LogP contribution < -0.4 is 5.32 Å². The molecule has 0 aliphatic carbocycles. The van der Waals surface area contributed by atoms with Crippen LogP contribution in [-0.4, -0.2) is 22.2 Å². The van der Waals surface area contributed by atoms with Crippen LogP contribution in [0.5, 0.6) is 0 Å². The van der Waals surface area contributed by atoms with E-state index in [4.69, 9.17) is 9.52 Å². The summed E-state index contributed by atoms with van der Waals surface area (Å²) in [4.78, 5) is 4.27. The van der Waals surface area contributed by atoms with Gasteiger partial charge in [-0.1, -0.05) is 6.07 Å². The lowest BCUT2D eigenvalue weighted by atomic mass is 10.0. The maximum atomic E-state index is 8.98. The Labute approximate surface area is 107 Å². The van der Waals surface area contributed by atoms with Gasteiger partial charge in [0.25, 0.3) is 0 Å². The van der Waals surface area contributed by atoms with Gasteiger partial charge in [0, 0.05) is 25.6 Å². The Morgan fingerprint density at radius 1 is 1.39 bits per heavy atom. The third kappa shape index (κ3) is 3.09. The molecule has 0 aliphatic rings. The normalized spacial score (nSPS) is 12.2. The molecule has 2 N–H and O–H groups in total. The van der Waals surface area contributed by atoms with Gasteiger partial charge < -0.3 is 14.8 Å². The van der Waals surface area contributed by atoms with E-state index in [2.05, 4.69) is 24.1 Å². The highest BCUT2D eigenvalue weighted by Crippen LogP contribution is 2.17. The number of benzene rings is 1. The summed E-state index contributed by atoms with van der Waals surface area (Å²) in [5.74, 6) is 0.690. The van der Waals surface area contributed by atoms with Crippen LogP contribution in [0.3, 0.4) is 0 Å². The van der Waals surface area contributed by atoms with Crippen LogP contribution in [0.2, 0.25) is 0 Å². The lowest BCUT2D eigenvalue weighted by Crippen LogP contribution is -2.39. The molecular weight excluding hydrogens is 228 g/mol. The molecule has 0 atom stereocenters. The number of oxazole rings is 1. The highest BCUT2D eigenvalue weighted by atomic mass is 16.3. The Bertz CT molecular complexity index is 532. The van der Waals surface area contributed by atoms with Gasteiger partial charge in [-0.15, -0.1) is 0 Å². The zero-order chi connectivity index (χ0) is 13.2. The number of aliphatic hydroxyl groups is 1. The Morgan fingerprint density at radius 3 is 2.89 bits per heavy atom. The molecule has 0 amide bonds. The molecule has 2 rings (SSSR count). The van der Waals surface area contributed by atoms with Gasteiger partial charge in [0.1, 0.15) is 5.52 Å². The second-order valence-electron chi connectivity index (χ2n) is 5.25. The van der Waals surface area contributed by atoms with E-state index in [-0.39, 0.29) is 12.1 Å². The fourth-order valence-corrected chi connectivity index (χ4v) is 1.90. The summed E-state index contributed by atoms with van der Waals surface area (Å²) in [5.41, 5.74) is 2.81. The first-order valence-electron chi connectivity index (χ1n) is 6.22. The van der Waals surface area contributed by atoms with Gasteiger partial charge in [0.2, 0.25) is 0 Å². The molecule has 0 fully saturated rings. The quantitative estimate of drug-likeness (QED) is 0.853. The second-order valence-corrected chi connectivity index (χ2v) is 5.25. The molecule has 0 radical (unpaired) electrons. The van der Waals surface area contributed by atoms with Crippen LogP contribution in [-0.2, 0) is 6.54 Å². The number of nitrogens with one attached hydrogen (secondary N) is 1. The third-order valence-corrected chi connectivity index (χ3v) is 3.07. The average molecular weight is 248 g/mol. The number of hydrogen-bond donors (Lipinski definition) is 2. The third-order valence-electron chi connectivity index (χ3n) is 3.07. The number of aromatic nitrogens is 1. The van der Waals surface area contributed by atoms with E-state index in [0.717, 1.165) is 29.6 Å². The van der Waals surface area contributed by atoms with Crippen molar-refractivity contribution in [1.82, 2.24) is 10.3 Å². The fourth-order valence-electron chi connectivity index (χ4n) is 1.90. The number of rotatable bonds is 5. The Morgan fingerprint density at radius 2 is 2.17 bits per heavy atom. The van der Waals surface area contributed by atoms with Gasteiger partial charge >= 0.3 is 0 Å². The zero-order valence-electron chi connectivity index (χ0n) is 11.2. The zero-order valence-corrected chi connectivity index (χ0v) is 11.2. The molecule has 18 heavy (non-hydrogen) atoms. The van der Waals surface area contributed by atoms with E-state index in [1.807, 2.05) is 25.1 Å². The van der Waals surface area contributed by atoms with Gasteiger partial charge in [0.05, 0.1) is 0 Å². The summed E-state index contributed by atoms with van der Waals surface area (Å²) in [6, 6.07) is 6.03. The van der Waals surface area contributed by atoms with Crippen molar-refractivity contribution in [3.05, 3.63) is 29.7 Å². The van der Waals surface area contributed by atoms with Crippen LogP contribution >= 0.6 is 0 Å². The van der Waals surface area contributed by atoms with Gasteiger partial charge in [-0.2, -0.15) is 0 Å². The van der Waals surface area contributed by atoms with E-state index >= 15 is 0 Å². The summed E-state index contributed by atoms with van der Waals surface area (Å²) in [6.45, 7) is 6.96. The molecule has 98 valence electrons. The number of nitrogens with zero attached hydrogens (tertiary/aromatic N) is 1. The highest BCUT2D eigenvalue weighted by Gasteiger charge is 2.15. The molecule has 1 heterocycles. The van der Waals surface area contributed by atoms with Crippen molar-refractivity contribution in [3.63, 3.8) is 0 Å². The minimum absolute atomic E-state index is 0.0684. The Kier molecular flexibility index (Phi) is 3.68. The first kappa shape index (κ1) is 13.1. The molecule has 4 heteroatoms. The van der Waals surface area contributed by atoms with Crippen molar-refractivity contribution in [1.29, 1.82) is 0 Å². The van der Waals surface area contributed by atoms with E-state index in [9.17, 15) is 0 Å². The lowest BCUT2D eigenvalue weighted by molar-refractivity contribution is 0.230. The van der Waals surface area contributed by atoms with E-state index in [1.165, 1.54) is 0 Å². The summed E-state index contributed by atoms with van der Waals surface area (Å²) >= 11 is 0. The van der Waals surface area contributed by atoms with Gasteiger partial charge in [-0.25, -0.2) is 4.98 Å². The van der Waals surface area contributed by atoms with Gasteiger partial charge in [-0.05, 0) is 38.0 Å². The molecule has 0 unspecified atom stereocenters. The van der Waals surface area contributed by atoms with Crippen LogP contribution in [0.25, 0.3) is 11.1 Å². The first-order valence-corrected chi connectivity index (χ1v) is 6.22. The topological polar surface area (TPSA) is 58.3 Å². The standard InChI is InChI=1S/C14H20N2O2/c1-10-16-12-5-4-11(8-13(12)18-10)9-15-14(2,3)6-7-17/h4-5,8,15,17H,6-7,9H2,1-3H3. The molecule has 4 nitrogen and oxygen atoms in total. The van der Waals surface area contributed by atoms with E-state index < -0.39 is 0 Å². The largest absolute Gasteiger partial charge is 0.441 e. The molecule has 0 bridgehead atoms. The maximum Gasteiger partial charge on any atom is 0.192 e. The molecule has 2 aromatic rings.